The van der Waals surface area contributed by atoms with Crippen LogP contribution in [0.3, 0.4) is 0 Å². The molecule has 0 spiro atoms. The highest BCUT2D eigenvalue weighted by molar-refractivity contribution is 7.16. The van der Waals surface area contributed by atoms with E-state index in [4.69, 9.17) is 0 Å². The lowest BCUT2D eigenvalue weighted by Crippen LogP contribution is -1.90. The van der Waals surface area contributed by atoms with Gasteiger partial charge in [-0.3, -0.25) is 4.99 Å². The third-order valence-corrected chi connectivity index (χ3v) is 4.29. The van der Waals surface area contributed by atoms with Gasteiger partial charge < -0.3 is 10.4 Å². The average Bonchev–Trinajstić information content (AvgIpc) is 3.13. The zero-order valence-electron chi connectivity index (χ0n) is 12.0. The normalized spacial score (nSPS) is 14.2. The van der Waals surface area contributed by atoms with Crippen LogP contribution in [0.5, 0.6) is 5.88 Å². The number of para-hydroxylation sites is 1. The number of aromatic hydroxyl groups is 1. The van der Waals surface area contributed by atoms with Gasteiger partial charge in [0.1, 0.15) is 5.82 Å². The Balaban J connectivity index is 1.64. The minimum atomic E-state index is -0.00119. The Labute approximate surface area is 136 Å². The Morgan fingerprint density at radius 1 is 1.09 bits per heavy atom. The van der Waals surface area contributed by atoms with E-state index in [-0.39, 0.29) is 5.88 Å². The maximum Gasteiger partial charge on any atom is 0.231 e. The van der Waals surface area contributed by atoms with Crippen molar-refractivity contribution in [2.45, 2.75) is 0 Å². The zero-order valence-corrected chi connectivity index (χ0v) is 12.8. The van der Waals surface area contributed by atoms with Crippen LogP contribution in [0.4, 0.5) is 16.6 Å². The van der Waals surface area contributed by atoms with Crippen molar-refractivity contribution in [2.75, 3.05) is 5.32 Å². The van der Waals surface area contributed by atoms with Crippen LogP contribution in [0, 0.1) is 0 Å². The molecule has 5 nitrogen and oxygen atoms in total. The number of nitrogens with one attached hydrogen (secondary N) is 1. The highest BCUT2D eigenvalue weighted by Crippen LogP contribution is 2.36. The Morgan fingerprint density at radius 2 is 1.96 bits per heavy atom. The van der Waals surface area contributed by atoms with Crippen LogP contribution in [0.25, 0.3) is 11.6 Å². The largest absolute Gasteiger partial charge is 0.492 e. The van der Waals surface area contributed by atoms with Crippen LogP contribution in [-0.2, 0) is 0 Å². The summed E-state index contributed by atoms with van der Waals surface area (Å²) in [6.07, 6.45) is 5.40. The summed E-state index contributed by atoms with van der Waals surface area (Å²) < 4.78 is 0. The summed E-state index contributed by atoms with van der Waals surface area (Å²) in [4.78, 5) is 13.4. The number of anilines is 2. The van der Waals surface area contributed by atoms with Crippen molar-refractivity contribution in [1.29, 1.82) is 0 Å². The van der Waals surface area contributed by atoms with Crippen LogP contribution < -0.4 is 5.32 Å². The second kappa shape index (κ2) is 5.66. The number of aromatic nitrogens is 2. The Morgan fingerprint density at radius 3 is 2.83 bits per heavy atom. The number of fused-ring (bicyclic) bond motifs is 1. The van der Waals surface area contributed by atoms with Gasteiger partial charge in [-0.15, -0.1) is 0 Å². The summed E-state index contributed by atoms with van der Waals surface area (Å²) in [5.41, 5.74) is 2.96. The van der Waals surface area contributed by atoms with E-state index in [1.54, 1.807) is 12.4 Å². The maximum absolute atomic E-state index is 10.1. The molecule has 4 rings (SSSR count). The summed E-state index contributed by atoms with van der Waals surface area (Å²) in [6, 6.07) is 13.5. The van der Waals surface area contributed by atoms with Gasteiger partial charge in [0.2, 0.25) is 5.88 Å². The quantitative estimate of drug-likeness (QED) is 0.757. The van der Waals surface area contributed by atoms with Gasteiger partial charge in [0, 0.05) is 23.5 Å². The molecule has 1 aromatic carbocycles. The van der Waals surface area contributed by atoms with Gasteiger partial charge in [-0.2, -0.15) is 4.98 Å². The molecule has 112 valence electrons. The van der Waals surface area contributed by atoms with Crippen LogP contribution in [0.2, 0.25) is 0 Å². The topological polar surface area (TPSA) is 70.4 Å². The molecule has 2 N–H and O–H groups in total. The molecule has 3 aromatic rings. The fraction of sp³-hybridized carbons (Fsp3) is 0. The lowest BCUT2D eigenvalue weighted by Gasteiger charge is -1.99. The van der Waals surface area contributed by atoms with Crippen molar-refractivity contribution in [3.8, 4) is 5.88 Å². The first kappa shape index (κ1) is 13.7. The van der Waals surface area contributed by atoms with Gasteiger partial charge in [-0.1, -0.05) is 35.6 Å². The van der Waals surface area contributed by atoms with Gasteiger partial charge in [-0.05, 0) is 24.3 Å². The van der Waals surface area contributed by atoms with E-state index in [1.165, 1.54) is 11.3 Å². The molecule has 0 unspecified atom stereocenters. The molecule has 0 amide bonds. The van der Waals surface area contributed by atoms with Crippen molar-refractivity contribution in [2.24, 2.45) is 4.99 Å². The lowest BCUT2D eigenvalue weighted by atomic mass is 10.1. The molecular formula is C17H12N4OS. The number of pyridine rings is 1. The average molecular weight is 320 g/mol. The summed E-state index contributed by atoms with van der Waals surface area (Å²) in [7, 11) is 0. The number of allylic oxidation sites excluding steroid dienone is 1. The minimum Gasteiger partial charge on any atom is -0.492 e. The maximum atomic E-state index is 10.1. The summed E-state index contributed by atoms with van der Waals surface area (Å²) in [6.45, 7) is 0. The molecule has 0 radical (unpaired) electrons. The predicted octanol–water partition coefficient (Wildman–Crippen LogP) is 4.24. The third-order valence-electron chi connectivity index (χ3n) is 3.38. The van der Waals surface area contributed by atoms with Crippen LogP contribution >= 0.6 is 11.3 Å². The predicted molar refractivity (Wildman–Crippen MR) is 93.8 cm³/mol. The molecule has 2 aromatic heterocycles. The molecule has 1 aliphatic rings. The molecule has 23 heavy (non-hydrogen) atoms. The molecule has 1 aliphatic heterocycles. The summed E-state index contributed by atoms with van der Waals surface area (Å²) in [5.74, 6) is 0.687. The van der Waals surface area contributed by atoms with E-state index in [9.17, 15) is 5.11 Å². The fourth-order valence-electron chi connectivity index (χ4n) is 2.31. The van der Waals surface area contributed by atoms with Gasteiger partial charge in [0.25, 0.3) is 0 Å². The fourth-order valence-corrected chi connectivity index (χ4v) is 3.13. The van der Waals surface area contributed by atoms with E-state index in [2.05, 4.69) is 20.3 Å². The van der Waals surface area contributed by atoms with Crippen molar-refractivity contribution in [3.63, 3.8) is 0 Å². The highest BCUT2D eigenvalue weighted by atomic mass is 32.1. The summed E-state index contributed by atoms with van der Waals surface area (Å²) in [5, 5.41) is 13.7. The van der Waals surface area contributed by atoms with E-state index in [1.807, 2.05) is 48.5 Å². The van der Waals surface area contributed by atoms with Crippen LogP contribution in [-0.4, -0.2) is 21.3 Å². The van der Waals surface area contributed by atoms with E-state index < -0.39 is 0 Å². The van der Waals surface area contributed by atoms with Crippen molar-refractivity contribution in [3.05, 3.63) is 59.1 Å². The zero-order chi connectivity index (χ0) is 15.6. The molecular weight excluding hydrogens is 308 g/mol. The molecule has 0 bridgehead atoms. The number of thiazole rings is 1. The van der Waals surface area contributed by atoms with Crippen LogP contribution in [0.15, 0.2) is 53.7 Å². The Kier molecular flexibility index (Phi) is 3.36. The highest BCUT2D eigenvalue weighted by Gasteiger charge is 2.14. The Bertz CT molecular complexity index is 915. The monoisotopic (exact) mass is 320 g/mol. The van der Waals surface area contributed by atoms with E-state index in [0.29, 0.717) is 15.8 Å². The second-order valence-electron chi connectivity index (χ2n) is 4.92. The van der Waals surface area contributed by atoms with Crippen molar-refractivity contribution in [1.82, 2.24) is 9.97 Å². The second-order valence-corrected chi connectivity index (χ2v) is 5.95. The number of aliphatic imine (C=N–C) groups is 1. The molecule has 0 saturated heterocycles. The summed E-state index contributed by atoms with van der Waals surface area (Å²) >= 11 is 1.37. The lowest BCUT2D eigenvalue weighted by molar-refractivity contribution is 0.457. The first-order valence-corrected chi connectivity index (χ1v) is 7.84. The van der Waals surface area contributed by atoms with Crippen molar-refractivity contribution < 1.29 is 5.11 Å². The van der Waals surface area contributed by atoms with E-state index in [0.717, 1.165) is 16.8 Å². The number of nitrogens with zero attached hydrogens (tertiary/aromatic N) is 3. The number of rotatable bonds is 3. The number of hydrogen-bond acceptors (Lipinski definition) is 6. The third kappa shape index (κ3) is 2.72. The first-order valence-electron chi connectivity index (χ1n) is 7.02. The van der Waals surface area contributed by atoms with Crippen LogP contribution in [0.1, 0.15) is 10.4 Å². The molecule has 0 saturated carbocycles. The number of hydrogen-bond donors (Lipinski definition) is 2. The first-order chi connectivity index (χ1) is 11.3. The van der Waals surface area contributed by atoms with Gasteiger partial charge in [0.05, 0.1) is 10.6 Å². The van der Waals surface area contributed by atoms with Gasteiger partial charge in [0.15, 0.2) is 5.13 Å². The van der Waals surface area contributed by atoms with Gasteiger partial charge >= 0.3 is 0 Å². The van der Waals surface area contributed by atoms with Crippen molar-refractivity contribution >= 4 is 45.8 Å². The molecule has 3 heterocycles. The van der Waals surface area contributed by atoms with Gasteiger partial charge in [-0.25, -0.2) is 4.98 Å². The molecule has 0 aliphatic carbocycles. The smallest absolute Gasteiger partial charge is 0.231 e. The van der Waals surface area contributed by atoms with E-state index >= 15 is 0 Å². The molecule has 0 fully saturated rings. The number of benzene rings is 1. The SMILES string of the molecule is Oc1nc(Nc2ccccn2)sc1C=C1C=Nc2ccccc21. The minimum absolute atomic E-state index is 0.00119. The Hall–Kier alpha value is -2.99. The molecule has 0 atom stereocenters. The molecule has 6 heteroatoms. The standard InChI is InChI=1S/C17H12N4OS/c22-16-14(9-11-10-19-13-6-2-1-5-12(11)13)23-17(21-16)20-15-7-3-4-8-18-15/h1-10,22H,(H,18,20,21).